The van der Waals surface area contributed by atoms with Gasteiger partial charge < -0.3 is 29.7 Å². The molecule has 0 saturated heterocycles. The number of allylic oxidation sites excluding steroid dienone is 1. The summed E-state index contributed by atoms with van der Waals surface area (Å²) in [5, 5.41) is 2.80. The van der Waals surface area contributed by atoms with Gasteiger partial charge in [0, 0.05) is 42.9 Å². The van der Waals surface area contributed by atoms with Gasteiger partial charge >= 0.3 is 18.0 Å². The summed E-state index contributed by atoms with van der Waals surface area (Å²) in [5.74, 6) is 0.830. The molecule has 16 heteroatoms. The quantitative estimate of drug-likeness (QED) is 0.0480. The van der Waals surface area contributed by atoms with Gasteiger partial charge in [0.1, 0.15) is 35.0 Å². The van der Waals surface area contributed by atoms with Crippen LogP contribution in [0.1, 0.15) is 77.3 Å². The molecule has 0 bridgehead atoms. The van der Waals surface area contributed by atoms with Crippen molar-refractivity contribution < 1.29 is 42.2 Å². The van der Waals surface area contributed by atoms with Crippen LogP contribution in [0.15, 0.2) is 79.1 Å². The molecule has 1 amide bonds. The van der Waals surface area contributed by atoms with Gasteiger partial charge in [-0.2, -0.15) is 0 Å². The molecule has 5 aromatic rings. The molecule has 0 unspecified atom stereocenters. The number of nitrogens with zero attached hydrogens (tertiary/aromatic N) is 3. The number of hydrogen-bond donors (Lipinski definition) is 2. The number of benzene rings is 2. The average Bonchev–Trinajstić information content (AvgIpc) is 3.57. The van der Waals surface area contributed by atoms with E-state index in [1.165, 1.54) is 50.8 Å². The number of hydrogen-bond acceptors (Lipinski definition) is 10. The Morgan fingerprint density at radius 2 is 1.48 bits per heavy atom. The van der Waals surface area contributed by atoms with Crippen molar-refractivity contribution in [3.63, 3.8) is 0 Å². The van der Waals surface area contributed by atoms with Crippen LogP contribution in [0, 0.1) is 24.0 Å². The smallest absolute Gasteiger partial charge is 0.407 e. The van der Waals surface area contributed by atoms with E-state index >= 15 is 0 Å². The van der Waals surface area contributed by atoms with Crippen LogP contribution < -0.4 is 11.1 Å². The number of anilines is 1. The molecule has 0 aliphatic heterocycles. The first-order valence-corrected chi connectivity index (χ1v) is 18.7. The Hall–Kier alpha value is -6.56. The van der Waals surface area contributed by atoms with E-state index in [-0.39, 0.29) is 16.6 Å². The summed E-state index contributed by atoms with van der Waals surface area (Å²) in [6.45, 7) is 7.59. The Balaban J connectivity index is 0.000000371. The number of halogens is 4. The number of fused-ring (bicyclic) bond motifs is 1. The molecule has 12 nitrogen and oxygen atoms in total. The first-order chi connectivity index (χ1) is 28.5. The molecule has 316 valence electrons. The minimum absolute atomic E-state index is 0.0247. The van der Waals surface area contributed by atoms with Crippen LogP contribution in [-0.2, 0) is 25.4 Å². The molecular weight excluding hydrogens is 819 g/mol. The van der Waals surface area contributed by atoms with Crippen molar-refractivity contribution in [1.29, 1.82) is 0 Å². The van der Waals surface area contributed by atoms with E-state index in [1.54, 1.807) is 86.0 Å². The standard InChI is InChI=1S/C24H25ClFN3O4.C9H6ClFO.C7H8N2O2.C4H6/c1-24(2,3)33-23(31)27-12-10-19-18(9-8-15-6-5-7-17(25)21(15)26)28-20-14-16(22(30)32-4)11-13-29(19)20;10-8-5-1-3-7(9(8)11)4-2-6-12;1-11-7(10)5-2-3-9-6(8)4-5;1-3-4-2/h5-9,11,13-14H,10,12H2,1-4H3,(H,27,31);1-6H;2-4H,1H3,(H2,8,9);1H,4H2,2H3/b9-8+;4-2+;;. The van der Waals surface area contributed by atoms with E-state index in [4.69, 9.17) is 44.8 Å². The number of pyridine rings is 2. The number of carbonyl (C=O) groups is 4. The minimum Gasteiger partial charge on any atom is -0.465 e. The highest BCUT2D eigenvalue weighted by Crippen LogP contribution is 2.23. The van der Waals surface area contributed by atoms with Crippen LogP contribution in [0.4, 0.5) is 19.4 Å². The lowest BCUT2D eigenvalue weighted by Gasteiger charge is -2.19. The number of aromatic nitrogens is 3. The summed E-state index contributed by atoms with van der Waals surface area (Å²) < 4.78 is 43.6. The summed E-state index contributed by atoms with van der Waals surface area (Å²) in [6.07, 6.45) is 15.1. The summed E-state index contributed by atoms with van der Waals surface area (Å²) >= 11 is 11.4. The third-order valence-electron chi connectivity index (χ3n) is 7.35. The SMILES string of the molecule is C#CCC.COC(=O)c1ccn2c(CCNC(=O)OC(C)(C)C)c(/C=C/c3cccc(Cl)c3F)nc2c1.COC(=O)c1ccnc(N)c1.O=C/C=C/c1cccc(Cl)c1F. The molecule has 0 radical (unpaired) electrons. The van der Waals surface area contributed by atoms with E-state index in [0.717, 1.165) is 12.1 Å². The monoisotopic (exact) mass is 863 g/mol. The lowest BCUT2D eigenvalue weighted by Crippen LogP contribution is -2.33. The fraction of sp³-hybridized carbons (Fsp3) is 0.227. The molecule has 3 heterocycles. The van der Waals surface area contributed by atoms with E-state index in [2.05, 4.69) is 25.9 Å². The molecule has 2 aromatic carbocycles. The molecule has 5 rings (SSSR count). The molecule has 60 heavy (non-hydrogen) atoms. The summed E-state index contributed by atoms with van der Waals surface area (Å²) in [6, 6.07) is 15.6. The number of methoxy groups -OCH3 is 2. The van der Waals surface area contributed by atoms with Gasteiger partial charge in [0.05, 0.1) is 46.8 Å². The fourth-order valence-corrected chi connectivity index (χ4v) is 5.00. The van der Waals surface area contributed by atoms with E-state index in [9.17, 15) is 28.0 Å². The van der Waals surface area contributed by atoms with Gasteiger partial charge in [0.15, 0.2) is 0 Å². The van der Waals surface area contributed by atoms with Crippen molar-refractivity contribution in [3.8, 4) is 12.3 Å². The van der Waals surface area contributed by atoms with Crippen molar-refractivity contribution in [2.45, 2.75) is 46.1 Å². The predicted molar refractivity (Wildman–Crippen MR) is 230 cm³/mol. The highest BCUT2D eigenvalue weighted by Gasteiger charge is 2.17. The number of rotatable bonds is 9. The average molecular weight is 865 g/mol. The second-order valence-corrected chi connectivity index (χ2v) is 13.7. The molecule has 0 aliphatic carbocycles. The normalized spacial score (nSPS) is 10.6. The number of amides is 1. The van der Waals surface area contributed by atoms with Crippen LogP contribution in [-0.4, -0.2) is 65.1 Å². The van der Waals surface area contributed by atoms with Gasteiger partial charge in [-0.3, -0.25) is 4.79 Å². The number of esters is 2. The number of carbonyl (C=O) groups excluding carboxylic acids is 4. The van der Waals surface area contributed by atoms with Crippen molar-refractivity contribution in [2.24, 2.45) is 0 Å². The number of ether oxygens (including phenoxy) is 3. The fourth-order valence-electron chi connectivity index (χ4n) is 4.64. The molecule has 0 fully saturated rings. The van der Waals surface area contributed by atoms with E-state index < -0.39 is 35.3 Å². The van der Waals surface area contributed by atoms with Crippen LogP contribution in [0.25, 0.3) is 23.9 Å². The van der Waals surface area contributed by atoms with E-state index in [1.807, 2.05) is 6.92 Å². The first-order valence-electron chi connectivity index (χ1n) is 18.0. The topological polar surface area (TPSA) is 164 Å². The Morgan fingerprint density at radius 3 is 2.00 bits per heavy atom. The third kappa shape index (κ3) is 16.4. The zero-order valence-corrected chi connectivity index (χ0v) is 35.3. The summed E-state index contributed by atoms with van der Waals surface area (Å²) in [4.78, 5) is 53.0. The molecule has 0 saturated carbocycles. The van der Waals surface area contributed by atoms with Crippen molar-refractivity contribution in [3.05, 3.63) is 134 Å². The van der Waals surface area contributed by atoms with Gasteiger partial charge in [0.25, 0.3) is 0 Å². The maximum absolute atomic E-state index is 14.3. The highest BCUT2D eigenvalue weighted by molar-refractivity contribution is 6.31. The van der Waals surface area contributed by atoms with Crippen LogP contribution >= 0.6 is 23.2 Å². The highest BCUT2D eigenvalue weighted by atomic mass is 35.5. The van der Waals surface area contributed by atoms with Crippen molar-refractivity contribution in [1.82, 2.24) is 19.7 Å². The number of nitrogen functional groups attached to an aromatic ring is 1. The Labute approximate surface area is 357 Å². The lowest BCUT2D eigenvalue weighted by atomic mass is 10.1. The molecule has 3 aromatic heterocycles. The number of nitrogens with one attached hydrogen (secondary N) is 1. The van der Waals surface area contributed by atoms with Gasteiger partial charge in [-0.25, -0.2) is 33.1 Å². The summed E-state index contributed by atoms with van der Waals surface area (Å²) in [5.41, 5.74) is 7.95. The lowest BCUT2D eigenvalue weighted by molar-refractivity contribution is -0.104. The molecule has 0 spiro atoms. The van der Waals surface area contributed by atoms with Crippen LogP contribution in [0.3, 0.4) is 0 Å². The van der Waals surface area contributed by atoms with Crippen molar-refractivity contribution >= 4 is 77.2 Å². The number of alkyl carbamates (subject to hydrolysis) is 1. The number of terminal acetylenes is 1. The zero-order chi connectivity index (χ0) is 44.8. The first kappa shape index (κ1) is 49.6. The van der Waals surface area contributed by atoms with E-state index in [0.29, 0.717) is 52.1 Å². The number of nitrogens with two attached hydrogens (primary N) is 1. The zero-order valence-electron chi connectivity index (χ0n) is 33.8. The third-order valence-corrected chi connectivity index (χ3v) is 7.94. The molecule has 3 N–H and O–H groups in total. The summed E-state index contributed by atoms with van der Waals surface area (Å²) in [7, 11) is 2.62. The Bertz CT molecular complexity index is 2350. The number of imidazole rings is 1. The largest absolute Gasteiger partial charge is 0.465 e. The molecule has 0 aliphatic rings. The van der Waals surface area contributed by atoms with Gasteiger partial charge in [-0.05, 0) is 81.5 Å². The minimum atomic E-state index is -0.605. The van der Waals surface area contributed by atoms with Gasteiger partial charge in [-0.15, -0.1) is 12.3 Å². The van der Waals surface area contributed by atoms with Crippen molar-refractivity contribution in [2.75, 3.05) is 26.5 Å². The van der Waals surface area contributed by atoms with Crippen LogP contribution in [0.2, 0.25) is 10.0 Å². The second kappa shape index (κ2) is 25.0. The Morgan fingerprint density at radius 1 is 0.917 bits per heavy atom. The van der Waals surface area contributed by atoms with Gasteiger partial charge in [-0.1, -0.05) is 54.4 Å². The predicted octanol–water partition coefficient (Wildman–Crippen LogP) is 9.32. The second-order valence-electron chi connectivity index (χ2n) is 12.9. The van der Waals surface area contributed by atoms with Crippen LogP contribution in [0.5, 0.6) is 0 Å². The molecular formula is C44H45Cl2F2N5O7. The van der Waals surface area contributed by atoms with Gasteiger partial charge in [0.2, 0.25) is 0 Å². The maximum Gasteiger partial charge on any atom is 0.407 e. The Kier molecular flexibility index (Phi) is 20.7. The molecule has 0 atom stereocenters. The number of aldehydes is 1. The maximum atomic E-state index is 14.3.